The Morgan fingerprint density at radius 3 is 0.930 bits per heavy atom. The van der Waals surface area contributed by atoms with E-state index in [0.717, 1.165) is 0 Å². The SMILES string of the molecule is c1ccc(-c2ccc(-c3c4ccccc4c(-c4ccccc4)c4cc(-c5ccc6ccccc6c5)ccc34)cc2)cc1.c1ccc2cc(-c3ccc4c(-c5cccc6ccccc56)c5ccccc5c(-c5ccc6ccccc6c5)c4c3)ccc2c1. The summed E-state index contributed by atoms with van der Waals surface area (Å²) in [4.78, 5) is 0. The van der Waals surface area contributed by atoms with E-state index in [1.165, 1.54) is 164 Å². The molecule has 0 radical (unpaired) electrons. The highest BCUT2D eigenvalue weighted by Gasteiger charge is 2.21. The molecule has 0 amide bonds. The Morgan fingerprint density at radius 2 is 0.407 bits per heavy atom. The van der Waals surface area contributed by atoms with Crippen LogP contribution in [0.4, 0.5) is 0 Å². The van der Waals surface area contributed by atoms with Gasteiger partial charge in [0.1, 0.15) is 0 Å². The third kappa shape index (κ3) is 9.04. The highest BCUT2D eigenvalue weighted by Crippen LogP contribution is 2.48. The third-order valence-corrected chi connectivity index (χ3v) is 17.7. The minimum absolute atomic E-state index is 1.23. The van der Waals surface area contributed by atoms with E-state index in [1.54, 1.807) is 0 Å². The molecule has 400 valence electrons. The lowest BCUT2D eigenvalue weighted by Gasteiger charge is -2.20. The molecule has 0 aromatic heterocycles. The zero-order valence-electron chi connectivity index (χ0n) is 47.3. The van der Waals surface area contributed by atoms with Crippen molar-refractivity contribution in [3.8, 4) is 77.9 Å². The number of benzene rings is 17. The van der Waals surface area contributed by atoms with Gasteiger partial charge in [0.2, 0.25) is 0 Å². The lowest BCUT2D eigenvalue weighted by Crippen LogP contribution is -1.92. The first-order valence-corrected chi connectivity index (χ1v) is 29.8. The molecule has 86 heavy (non-hydrogen) atoms. The van der Waals surface area contributed by atoms with Crippen LogP contribution in [0.15, 0.2) is 340 Å². The van der Waals surface area contributed by atoms with Gasteiger partial charge in [-0.2, -0.15) is 0 Å². The average Bonchev–Trinajstić information content (AvgIpc) is 1.36. The van der Waals surface area contributed by atoms with Crippen LogP contribution in [-0.4, -0.2) is 0 Å². The molecular weight excluding hydrogens is 1030 g/mol. The van der Waals surface area contributed by atoms with Crippen molar-refractivity contribution >= 4 is 86.2 Å². The van der Waals surface area contributed by atoms with Crippen LogP contribution >= 0.6 is 0 Å². The highest BCUT2D eigenvalue weighted by atomic mass is 14.2. The summed E-state index contributed by atoms with van der Waals surface area (Å²) < 4.78 is 0. The number of rotatable bonds is 7. The molecule has 0 atom stereocenters. The molecule has 0 heteroatoms. The van der Waals surface area contributed by atoms with Gasteiger partial charge < -0.3 is 0 Å². The second-order valence-electron chi connectivity index (χ2n) is 22.6. The van der Waals surface area contributed by atoms with Gasteiger partial charge in [0.05, 0.1) is 0 Å². The van der Waals surface area contributed by atoms with Crippen molar-refractivity contribution in [2.75, 3.05) is 0 Å². The zero-order chi connectivity index (χ0) is 56.9. The first-order chi connectivity index (χ1) is 42.6. The average molecular weight is 1090 g/mol. The summed E-state index contributed by atoms with van der Waals surface area (Å²) in [5, 5.41) is 20.3. The number of hydrogen-bond donors (Lipinski definition) is 0. The molecule has 0 spiro atoms. The maximum absolute atomic E-state index is 2.42. The fourth-order valence-corrected chi connectivity index (χ4v) is 13.5. The molecular formula is C86H56. The Balaban J connectivity index is 0.000000140. The Kier molecular flexibility index (Phi) is 12.7. The Labute approximate surface area is 500 Å². The van der Waals surface area contributed by atoms with E-state index in [0.29, 0.717) is 0 Å². The maximum atomic E-state index is 2.42. The van der Waals surface area contributed by atoms with E-state index < -0.39 is 0 Å². The molecule has 0 nitrogen and oxygen atoms in total. The van der Waals surface area contributed by atoms with E-state index in [4.69, 9.17) is 0 Å². The summed E-state index contributed by atoms with van der Waals surface area (Å²) >= 11 is 0. The molecule has 0 aliphatic rings. The molecule has 0 bridgehead atoms. The molecule has 0 aliphatic carbocycles. The van der Waals surface area contributed by atoms with Crippen LogP contribution < -0.4 is 0 Å². The molecule has 0 heterocycles. The van der Waals surface area contributed by atoms with E-state index in [2.05, 4.69) is 340 Å². The first-order valence-electron chi connectivity index (χ1n) is 29.8. The summed E-state index contributed by atoms with van der Waals surface area (Å²) in [7, 11) is 0. The summed E-state index contributed by atoms with van der Waals surface area (Å²) in [6.45, 7) is 0. The normalized spacial score (nSPS) is 11.5. The standard InChI is InChI=1S/C44H28.C42H28/c1-3-13-32-26-34(22-20-29(32)10-1)35-24-25-41-42(28-35)43(36-23-21-30-11-2-4-14-33(30)27-36)39-17-7-8-18-40(39)44(41)38-19-9-15-31-12-5-6-16-37(31)38;1-3-11-29(12-4-1)31-19-22-33(23-20-31)41-37-17-9-10-18-38(37)42(32-14-5-2-6-15-32)40-28-36(25-26-39(40)41)35-24-21-30-13-7-8-16-34(30)27-35/h1-28H;1-28H. The molecule has 0 aliphatic heterocycles. The number of fused-ring (bicyclic) bond motifs is 8. The van der Waals surface area contributed by atoms with Crippen LogP contribution in [0.5, 0.6) is 0 Å². The summed E-state index contributed by atoms with van der Waals surface area (Å²) in [5.41, 5.74) is 17.5. The van der Waals surface area contributed by atoms with Gasteiger partial charge in [0.15, 0.2) is 0 Å². The van der Waals surface area contributed by atoms with Crippen LogP contribution in [-0.2, 0) is 0 Å². The van der Waals surface area contributed by atoms with Gasteiger partial charge >= 0.3 is 0 Å². The van der Waals surface area contributed by atoms with E-state index in [9.17, 15) is 0 Å². The lowest BCUT2D eigenvalue weighted by atomic mass is 9.83. The van der Waals surface area contributed by atoms with Crippen LogP contribution in [0.2, 0.25) is 0 Å². The number of hydrogen-bond acceptors (Lipinski definition) is 0. The van der Waals surface area contributed by atoms with Crippen molar-refractivity contribution in [2.45, 2.75) is 0 Å². The minimum atomic E-state index is 1.23. The molecule has 17 aromatic carbocycles. The molecule has 17 aromatic rings. The lowest BCUT2D eigenvalue weighted by molar-refractivity contribution is 1.61. The van der Waals surface area contributed by atoms with Gasteiger partial charge in [-0.05, 0) is 194 Å². The quantitative estimate of drug-likeness (QED) is 0.140. The van der Waals surface area contributed by atoms with Crippen LogP contribution in [0.25, 0.3) is 164 Å². The Bertz CT molecular complexity index is 5440. The van der Waals surface area contributed by atoms with Crippen molar-refractivity contribution in [1.29, 1.82) is 0 Å². The van der Waals surface area contributed by atoms with Gasteiger partial charge in [-0.15, -0.1) is 0 Å². The second kappa shape index (κ2) is 21.5. The van der Waals surface area contributed by atoms with E-state index in [-0.39, 0.29) is 0 Å². The van der Waals surface area contributed by atoms with Gasteiger partial charge in [0.25, 0.3) is 0 Å². The fourth-order valence-electron chi connectivity index (χ4n) is 13.5. The predicted molar refractivity (Wildman–Crippen MR) is 371 cm³/mol. The summed E-state index contributed by atoms with van der Waals surface area (Å²) in [6.07, 6.45) is 0. The van der Waals surface area contributed by atoms with E-state index in [1.807, 2.05) is 0 Å². The van der Waals surface area contributed by atoms with Crippen molar-refractivity contribution < 1.29 is 0 Å². The van der Waals surface area contributed by atoms with Crippen molar-refractivity contribution in [3.63, 3.8) is 0 Å². The van der Waals surface area contributed by atoms with Gasteiger partial charge in [-0.3, -0.25) is 0 Å². The third-order valence-electron chi connectivity index (χ3n) is 17.7. The fraction of sp³-hybridized carbons (Fsp3) is 0. The summed E-state index contributed by atoms with van der Waals surface area (Å²) in [5.74, 6) is 0. The second-order valence-corrected chi connectivity index (χ2v) is 22.6. The maximum Gasteiger partial charge on any atom is -0.00201 e. The largest absolute Gasteiger partial charge is 0.0622 e. The van der Waals surface area contributed by atoms with Crippen LogP contribution in [0.1, 0.15) is 0 Å². The van der Waals surface area contributed by atoms with Crippen molar-refractivity contribution in [3.05, 3.63) is 340 Å². The molecule has 0 saturated carbocycles. The smallest absolute Gasteiger partial charge is 0.00201 e. The Hall–Kier alpha value is -11.2. The monoisotopic (exact) mass is 1090 g/mol. The van der Waals surface area contributed by atoms with Gasteiger partial charge in [0, 0.05) is 0 Å². The molecule has 17 rings (SSSR count). The first kappa shape index (κ1) is 50.5. The molecule has 0 saturated heterocycles. The van der Waals surface area contributed by atoms with Crippen LogP contribution in [0.3, 0.4) is 0 Å². The van der Waals surface area contributed by atoms with Crippen molar-refractivity contribution in [1.82, 2.24) is 0 Å². The van der Waals surface area contributed by atoms with Gasteiger partial charge in [-0.25, -0.2) is 0 Å². The highest BCUT2D eigenvalue weighted by molar-refractivity contribution is 6.25. The zero-order valence-corrected chi connectivity index (χ0v) is 47.3. The minimum Gasteiger partial charge on any atom is -0.0622 e. The summed E-state index contributed by atoms with van der Waals surface area (Å²) in [6, 6.07) is 124. The van der Waals surface area contributed by atoms with E-state index >= 15 is 0 Å². The molecule has 0 unspecified atom stereocenters. The molecule has 0 N–H and O–H groups in total. The predicted octanol–water partition coefficient (Wildman–Crippen LogP) is 24.3. The van der Waals surface area contributed by atoms with Crippen molar-refractivity contribution in [2.24, 2.45) is 0 Å². The molecule has 0 fully saturated rings. The topological polar surface area (TPSA) is 0 Å². The Morgan fingerprint density at radius 1 is 0.116 bits per heavy atom. The van der Waals surface area contributed by atoms with Crippen LogP contribution in [0, 0.1) is 0 Å². The van der Waals surface area contributed by atoms with Gasteiger partial charge in [-0.1, -0.05) is 309 Å².